The van der Waals surface area contributed by atoms with Gasteiger partial charge in [-0.3, -0.25) is 9.59 Å². The predicted molar refractivity (Wildman–Crippen MR) is 101 cm³/mol. The lowest BCUT2D eigenvalue weighted by Crippen LogP contribution is -2.44. The summed E-state index contributed by atoms with van der Waals surface area (Å²) in [6.07, 6.45) is 3.72. The third-order valence-electron chi connectivity index (χ3n) is 5.27. The normalized spacial score (nSPS) is 21.7. The van der Waals surface area contributed by atoms with E-state index >= 15 is 0 Å². The van der Waals surface area contributed by atoms with Crippen LogP contribution in [0.1, 0.15) is 46.3 Å². The highest BCUT2D eigenvalue weighted by molar-refractivity contribution is 7.12. The summed E-state index contributed by atoms with van der Waals surface area (Å²) in [6, 6.07) is 8.25. The average Bonchev–Trinajstić information content (AvgIpc) is 3.42. The number of carbonyl (C=O) groups is 2. The van der Waals surface area contributed by atoms with Crippen molar-refractivity contribution in [3.8, 4) is 0 Å². The number of nitrogens with zero attached hydrogens (tertiary/aromatic N) is 2. The molecule has 0 aliphatic carbocycles. The van der Waals surface area contributed by atoms with Crippen LogP contribution in [0.25, 0.3) is 0 Å². The summed E-state index contributed by atoms with van der Waals surface area (Å²) >= 11 is 3.23. The lowest BCUT2D eigenvalue weighted by atomic mass is 9.94. The molecule has 0 saturated carbocycles. The first kappa shape index (κ1) is 16.8. The van der Waals surface area contributed by atoms with Gasteiger partial charge in [0.1, 0.15) is 0 Å². The van der Waals surface area contributed by atoms with Crippen LogP contribution in [-0.2, 0) is 4.79 Å². The minimum Gasteiger partial charge on any atom is -0.338 e. The fraction of sp³-hybridized carbons (Fsp3) is 0.474. The van der Waals surface area contributed by atoms with Gasteiger partial charge in [-0.2, -0.15) is 0 Å². The third kappa shape index (κ3) is 3.37. The standard InChI is InChI=1S/C19H22N2O2S2/c22-18(21-9-1-4-15(21)16-5-2-12-24-16)14-7-10-20(11-8-14)19(23)17-6-3-13-25-17/h2-3,5-6,12-15H,1,4,7-11H2. The minimum atomic E-state index is 0.0629. The van der Waals surface area contributed by atoms with E-state index in [2.05, 4.69) is 22.4 Å². The van der Waals surface area contributed by atoms with Crippen LogP contribution in [0.2, 0.25) is 0 Å². The number of likely N-dealkylation sites (tertiary alicyclic amines) is 2. The van der Waals surface area contributed by atoms with E-state index in [-0.39, 0.29) is 17.9 Å². The van der Waals surface area contributed by atoms with Gasteiger partial charge in [0.25, 0.3) is 5.91 Å². The van der Waals surface area contributed by atoms with E-state index in [0.29, 0.717) is 19.0 Å². The molecule has 2 amide bonds. The molecule has 0 aromatic carbocycles. The van der Waals surface area contributed by atoms with Crippen molar-refractivity contribution >= 4 is 34.5 Å². The summed E-state index contributed by atoms with van der Waals surface area (Å²) in [6.45, 7) is 2.24. The second-order valence-corrected chi connectivity index (χ2v) is 8.68. The number of hydrogen-bond acceptors (Lipinski definition) is 4. The summed E-state index contributed by atoms with van der Waals surface area (Å²) in [5, 5.41) is 4.02. The molecule has 0 spiro atoms. The number of rotatable bonds is 3. The Labute approximate surface area is 156 Å². The fourth-order valence-electron chi connectivity index (χ4n) is 3.93. The van der Waals surface area contributed by atoms with Gasteiger partial charge >= 0.3 is 0 Å². The highest BCUT2D eigenvalue weighted by Gasteiger charge is 2.36. The monoisotopic (exact) mass is 374 g/mol. The van der Waals surface area contributed by atoms with Crippen LogP contribution in [0.4, 0.5) is 0 Å². The molecule has 2 saturated heterocycles. The molecule has 4 heterocycles. The van der Waals surface area contributed by atoms with E-state index < -0.39 is 0 Å². The molecule has 25 heavy (non-hydrogen) atoms. The Morgan fingerprint density at radius 3 is 2.40 bits per heavy atom. The number of thiophene rings is 2. The Bertz CT molecular complexity index is 719. The first-order valence-electron chi connectivity index (χ1n) is 8.90. The minimum absolute atomic E-state index is 0.0629. The summed E-state index contributed by atoms with van der Waals surface area (Å²) in [5.41, 5.74) is 0. The van der Waals surface area contributed by atoms with Crippen LogP contribution in [0.15, 0.2) is 35.0 Å². The Morgan fingerprint density at radius 1 is 0.960 bits per heavy atom. The highest BCUT2D eigenvalue weighted by Crippen LogP contribution is 2.36. The Balaban J connectivity index is 1.37. The van der Waals surface area contributed by atoms with Gasteiger partial charge in [-0.1, -0.05) is 12.1 Å². The van der Waals surface area contributed by atoms with Gasteiger partial charge in [-0.05, 0) is 48.6 Å². The summed E-state index contributed by atoms with van der Waals surface area (Å²) < 4.78 is 0. The number of carbonyl (C=O) groups excluding carboxylic acids is 2. The Kier molecular flexibility index (Phi) is 4.90. The maximum absolute atomic E-state index is 13.0. The Hall–Kier alpha value is -1.66. The van der Waals surface area contributed by atoms with Crippen molar-refractivity contribution in [3.05, 3.63) is 44.8 Å². The largest absolute Gasteiger partial charge is 0.338 e. The van der Waals surface area contributed by atoms with E-state index in [1.165, 1.54) is 16.2 Å². The molecule has 0 bridgehead atoms. The van der Waals surface area contributed by atoms with Crippen molar-refractivity contribution in [2.45, 2.75) is 31.7 Å². The van der Waals surface area contributed by atoms with Crippen molar-refractivity contribution in [2.75, 3.05) is 19.6 Å². The zero-order valence-corrected chi connectivity index (χ0v) is 15.7. The van der Waals surface area contributed by atoms with E-state index in [1.807, 2.05) is 22.4 Å². The molecular weight excluding hydrogens is 352 g/mol. The van der Waals surface area contributed by atoms with Crippen molar-refractivity contribution < 1.29 is 9.59 Å². The van der Waals surface area contributed by atoms with E-state index in [1.54, 1.807) is 11.3 Å². The maximum Gasteiger partial charge on any atom is 0.263 e. The molecule has 1 atom stereocenters. The zero-order chi connectivity index (χ0) is 17.2. The number of piperidine rings is 1. The van der Waals surface area contributed by atoms with Crippen molar-refractivity contribution in [3.63, 3.8) is 0 Å². The van der Waals surface area contributed by atoms with Crippen LogP contribution < -0.4 is 0 Å². The summed E-state index contributed by atoms with van der Waals surface area (Å²) in [4.78, 5) is 31.6. The van der Waals surface area contributed by atoms with Crippen LogP contribution in [0, 0.1) is 5.92 Å². The molecule has 0 radical (unpaired) electrons. The lowest BCUT2D eigenvalue weighted by molar-refractivity contribution is -0.137. The van der Waals surface area contributed by atoms with Gasteiger partial charge < -0.3 is 9.80 Å². The summed E-state index contributed by atoms with van der Waals surface area (Å²) in [7, 11) is 0. The first-order chi connectivity index (χ1) is 12.2. The van der Waals surface area contributed by atoms with Crippen LogP contribution in [0.5, 0.6) is 0 Å². The molecule has 4 nitrogen and oxygen atoms in total. The topological polar surface area (TPSA) is 40.6 Å². The smallest absolute Gasteiger partial charge is 0.263 e. The molecule has 2 aromatic heterocycles. The molecule has 0 N–H and O–H groups in total. The van der Waals surface area contributed by atoms with Gasteiger partial charge in [-0.15, -0.1) is 22.7 Å². The molecule has 132 valence electrons. The highest BCUT2D eigenvalue weighted by atomic mass is 32.1. The van der Waals surface area contributed by atoms with Gasteiger partial charge in [0.05, 0.1) is 10.9 Å². The molecule has 6 heteroatoms. The second kappa shape index (κ2) is 7.30. The van der Waals surface area contributed by atoms with Crippen molar-refractivity contribution in [1.82, 2.24) is 9.80 Å². The van der Waals surface area contributed by atoms with Crippen LogP contribution in [0.3, 0.4) is 0 Å². The van der Waals surface area contributed by atoms with Crippen molar-refractivity contribution in [2.24, 2.45) is 5.92 Å². The molecular formula is C19H22N2O2S2. The zero-order valence-electron chi connectivity index (χ0n) is 14.1. The molecule has 2 aliphatic heterocycles. The quantitative estimate of drug-likeness (QED) is 0.814. The average molecular weight is 375 g/mol. The SMILES string of the molecule is O=C(c1cccs1)N1CCC(C(=O)N2CCCC2c2cccs2)CC1. The Morgan fingerprint density at radius 2 is 1.72 bits per heavy atom. The van der Waals surface area contributed by atoms with E-state index in [9.17, 15) is 9.59 Å². The van der Waals surface area contributed by atoms with Crippen LogP contribution >= 0.6 is 22.7 Å². The fourth-order valence-corrected chi connectivity index (χ4v) is 5.49. The van der Waals surface area contributed by atoms with Gasteiger partial charge in [0.2, 0.25) is 5.91 Å². The lowest BCUT2D eigenvalue weighted by Gasteiger charge is -2.34. The molecule has 2 fully saturated rings. The van der Waals surface area contributed by atoms with E-state index in [0.717, 1.165) is 37.1 Å². The van der Waals surface area contributed by atoms with Gasteiger partial charge in [0, 0.05) is 30.4 Å². The second-order valence-electron chi connectivity index (χ2n) is 6.75. The first-order valence-corrected chi connectivity index (χ1v) is 10.7. The predicted octanol–water partition coefficient (Wildman–Crippen LogP) is 4.03. The maximum atomic E-state index is 13.0. The number of amides is 2. The summed E-state index contributed by atoms with van der Waals surface area (Å²) in [5.74, 6) is 0.464. The van der Waals surface area contributed by atoms with Crippen molar-refractivity contribution in [1.29, 1.82) is 0 Å². The molecule has 4 rings (SSSR count). The molecule has 2 aliphatic rings. The van der Waals surface area contributed by atoms with Crippen LogP contribution in [-0.4, -0.2) is 41.2 Å². The van der Waals surface area contributed by atoms with E-state index in [4.69, 9.17) is 0 Å². The molecule has 2 aromatic rings. The molecule has 1 unspecified atom stereocenters. The van der Waals surface area contributed by atoms with Gasteiger partial charge in [0.15, 0.2) is 0 Å². The number of hydrogen-bond donors (Lipinski definition) is 0. The third-order valence-corrected chi connectivity index (χ3v) is 7.10. The van der Waals surface area contributed by atoms with Gasteiger partial charge in [-0.25, -0.2) is 0 Å².